The predicted octanol–water partition coefficient (Wildman–Crippen LogP) is 1.54. The van der Waals surface area contributed by atoms with Crippen LogP contribution in [-0.4, -0.2) is 48.7 Å². The maximum absolute atomic E-state index is 12.2. The summed E-state index contributed by atoms with van der Waals surface area (Å²) in [6.45, 7) is 5.22. The summed E-state index contributed by atoms with van der Waals surface area (Å²) >= 11 is 0. The summed E-state index contributed by atoms with van der Waals surface area (Å²) in [6, 6.07) is 1.29. The molecule has 0 radical (unpaired) electrons. The molecule has 0 bridgehead atoms. The Bertz CT molecular complexity index is 304. The standard InChI is InChI=1S/C14H26N2O2/c1-4-15-14(13(17)18-5-2)9-8-12(10-14)16(3)11-6-7-11/h11-12,15H,4-10H2,1-3H3. The number of hydrogen-bond donors (Lipinski definition) is 1. The van der Waals surface area contributed by atoms with Crippen LogP contribution in [0.25, 0.3) is 0 Å². The van der Waals surface area contributed by atoms with Crippen LogP contribution in [0.15, 0.2) is 0 Å². The Morgan fingerprint density at radius 1 is 1.33 bits per heavy atom. The van der Waals surface area contributed by atoms with Crippen molar-refractivity contribution in [2.75, 3.05) is 20.2 Å². The molecule has 18 heavy (non-hydrogen) atoms. The Labute approximate surface area is 110 Å². The van der Waals surface area contributed by atoms with Crippen molar-refractivity contribution in [3.8, 4) is 0 Å². The third-order valence-electron chi connectivity index (χ3n) is 4.37. The highest BCUT2D eigenvalue weighted by atomic mass is 16.5. The van der Waals surface area contributed by atoms with Gasteiger partial charge in [-0.2, -0.15) is 0 Å². The maximum Gasteiger partial charge on any atom is 0.326 e. The molecule has 0 saturated heterocycles. The number of hydrogen-bond acceptors (Lipinski definition) is 4. The molecule has 104 valence electrons. The largest absolute Gasteiger partial charge is 0.465 e. The van der Waals surface area contributed by atoms with Gasteiger partial charge in [0.05, 0.1) is 6.61 Å². The number of carbonyl (C=O) groups is 1. The normalized spacial score (nSPS) is 31.9. The summed E-state index contributed by atoms with van der Waals surface area (Å²) in [4.78, 5) is 14.7. The number of nitrogens with zero attached hydrogens (tertiary/aromatic N) is 1. The van der Waals surface area contributed by atoms with E-state index in [2.05, 4.69) is 24.2 Å². The van der Waals surface area contributed by atoms with E-state index in [1.165, 1.54) is 12.8 Å². The van der Waals surface area contributed by atoms with Gasteiger partial charge in [-0.1, -0.05) is 6.92 Å². The lowest BCUT2D eigenvalue weighted by Gasteiger charge is -2.30. The number of likely N-dealkylation sites (N-methyl/N-ethyl adjacent to an activating group) is 1. The van der Waals surface area contributed by atoms with Gasteiger partial charge in [0.25, 0.3) is 0 Å². The summed E-state index contributed by atoms with van der Waals surface area (Å²) < 4.78 is 5.27. The number of carbonyl (C=O) groups excluding carboxylic acids is 1. The second kappa shape index (κ2) is 5.57. The molecule has 4 heteroatoms. The van der Waals surface area contributed by atoms with Crippen molar-refractivity contribution < 1.29 is 9.53 Å². The van der Waals surface area contributed by atoms with Gasteiger partial charge in [0.15, 0.2) is 0 Å². The van der Waals surface area contributed by atoms with E-state index in [9.17, 15) is 4.79 Å². The zero-order valence-electron chi connectivity index (χ0n) is 11.9. The fourth-order valence-corrected chi connectivity index (χ4v) is 3.17. The van der Waals surface area contributed by atoms with Gasteiger partial charge in [-0.25, -0.2) is 0 Å². The molecular weight excluding hydrogens is 228 g/mol. The van der Waals surface area contributed by atoms with Crippen molar-refractivity contribution in [3.63, 3.8) is 0 Å². The Hall–Kier alpha value is -0.610. The van der Waals surface area contributed by atoms with E-state index in [4.69, 9.17) is 4.74 Å². The van der Waals surface area contributed by atoms with Gasteiger partial charge in [0.2, 0.25) is 0 Å². The highest BCUT2D eigenvalue weighted by molar-refractivity contribution is 5.81. The van der Waals surface area contributed by atoms with E-state index in [-0.39, 0.29) is 5.97 Å². The second-order valence-corrected chi connectivity index (χ2v) is 5.63. The average Bonchev–Trinajstić information content (AvgIpc) is 3.11. The van der Waals surface area contributed by atoms with Gasteiger partial charge in [-0.3, -0.25) is 4.79 Å². The van der Waals surface area contributed by atoms with E-state index >= 15 is 0 Å². The van der Waals surface area contributed by atoms with Crippen LogP contribution >= 0.6 is 0 Å². The van der Waals surface area contributed by atoms with Crippen LogP contribution in [0.5, 0.6) is 0 Å². The Kier molecular flexibility index (Phi) is 4.28. The van der Waals surface area contributed by atoms with E-state index in [0.29, 0.717) is 12.6 Å². The van der Waals surface area contributed by atoms with Crippen LogP contribution in [0.2, 0.25) is 0 Å². The molecule has 4 nitrogen and oxygen atoms in total. The molecule has 2 aliphatic carbocycles. The van der Waals surface area contributed by atoms with Crippen LogP contribution in [0.3, 0.4) is 0 Å². The molecule has 0 aliphatic heterocycles. The number of ether oxygens (including phenoxy) is 1. The van der Waals surface area contributed by atoms with Crippen LogP contribution < -0.4 is 5.32 Å². The Morgan fingerprint density at radius 3 is 2.61 bits per heavy atom. The van der Waals surface area contributed by atoms with E-state index in [1.54, 1.807) is 0 Å². The Balaban J connectivity index is 2.01. The van der Waals surface area contributed by atoms with Crippen LogP contribution in [0, 0.1) is 0 Å². The first-order chi connectivity index (χ1) is 8.63. The lowest BCUT2D eigenvalue weighted by atomic mass is 9.97. The summed E-state index contributed by atoms with van der Waals surface area (Å²) in [6.07, 6.45) is 5.54. The van der Waals surface area contributed by atoms with Gasteiger partial charge in [-0.15, -0.1) is 0 Å². The highest BCUT2D eigenvalue weighted by Crippen LogP contribution is 2.38. The van der Waals surface area contributed by atoms with Crippen molar-refractivity contribution in [2.24, 2.45) is 0 Å². The molecule has 0 spiro atoms. The van der Waals surface area contributed by atoms with Gasteiger partial charge >= 0.3 is 5.97 Å². The Morgan fingerprint density at radius 2 is 2.06 bits per heavy atom. The fourth-order valence-electron chi connectivity index (χ4n) is 3.17. The molecule has 0 aromatic rings. The van der Waals surface area contributed by atoms with Crippen molar-refractivity contribution >= 4 is 5.97 Å². The minimum absolute atomic E-state index is 0.0569. The zero-order valence-corrected chi connectivity index (χ0v) is 11.9. The van der Waals surface area contributed by atoms with Gasteiger partial charge in [-0.05, 0) is 52.6 Å². The molecule has 0 aromatic heterocycles. The first-order valence-electron chi connectivity index (χ1n) is 7.27. The molecule has 2 aliphatic rings. The quantitative estimate of drug-likeness (QED) is 0.730. The monoisotopic (exact) mass is 254 g/mol. The third-order valence-corrected chi connectivity index (χ3v) is 4.37. The lowest BCUT2D eigenvalue weighted by molar-refractivity contribution is -0.151. The first kappa shape index (κ1) is 13.8. The zero-order chi connectivity index (χ0) is 13.2. The molecule has 2 fully saturated rings. The first-order valence-corrected chi connectivity index (χ1v) is 7.27. The number of rotatable bonds is 6. The van der Waals surface area contributed by atoms with E-state index in [1.807, 2.05) is 6.92 Å². The third kappa shape index (κ3) is 2.69. The molecule has 2 rings (SSSR count). The molecule has 0 amide bonds. The number of esters is 1. The summed E-state index contributed by atoms with van der Waals surface area (Å²) in [5.74, 6) is -0.0569. The predicted molar refractivity (Wildman–Crippen MR) is 71.5 cm³/mol. The fraction of sp³-hybridized carbons (Fsp3) is 0.929. The average molecular weight is 254 g/mol. The molecule has 1 N–H and O–H groups in total. The van der Waals surface area contributed by atoms with Gasteiger partial charge in [0, 0.05) is 12.1 Å². The summed E-state index contributed by atoms with van der Waals surface area (Å²) in [5, 5.41) is 3.39. The molecule has 2 unspecified atom stereocenters. The summed E-state index contributed by atoms with van der Waals surface area (Å²) in [7, 11) is 2.20. The highest BCUT2D eigenvalue weighted by Gasteiger charge is 2.48. The molecule has 0 heterocycles. The summed E-state index contributed by atoms with van der Waals surface area (Å²) in [5.41, 5.74) is -0.432. The van der Waals surface area contributed by atoms with Gasteiger partial charge < -0.3 is 15.0 Å². The second-order valence-electron chi connectivity index (χ2n) is 5.63. The minimum atomic E-state index is -0.432. The number of nitrogens with one attached hydrogen (secondary N) is 1. The lowest BCUT2D eigenvalue weighted by Crippen LogP contribution is -2.52. The van der Waals surface area contributed by atoms with Crippen LogP contribution in [0.1, 0.15) is 46.0 Å². The molecule has 2 saturated carbocycles. The van der Waals surface area contributed by atoms with Crippen molar-refractivity contribution in [1.29, 1.82) is 0 Å². The topological polar surface area (TPSA) is 41.6 Å². The maximum atomic E-state index is 12.2. The molecule has 0 aromatic carbocycles. The van der Waals surface area contributed by atoms with Gasteiger partial charge in [0.1, 0.15) is 5.54 Å². The van der Waals surface area contributed by atoms with E-state index < -0.39 is 5.54 Å². The SMILES string of the molecule is CCNC1(C(=O)OCC)CCC(N(C)C2CC2)C1. The van der Waals surface area contributed by atoms with Crippen molar-refractivity contribution in [1.82, 2.24) is 10.2 Å². The molecular formula is C14H26N2O2. The van der Waals surface area contributed by atoms with Crippen molar-refractivity contribution in [2.45, 2.75) is 63.6 Å². The van der Waals surface area contributed by atoms with Crippen LogP contribution in [0.4, 0.5) is 0 Å². The minimum Gasteiger partial charge on any atom is -0.465 e. The van der Waals surface area contributed by atoms with Crippen LogP contribution in [-0.2, 0) is 9.53 Å². The van der Waals surface area contributed by atoms with Crippen molar-refractivity contribution in [3.05, 3.63) is 0 Å². The smallest absolute Gasteiger partial charge is 0.326 e. The van der Waals surface area contributed by atoms with E-state index in [0.717, 1.165) is 31.8 Å². The molecule has 2 atom stereocenters.